The Bertz CT molecular complexity index is 287. The van der Waals surface area contributed by atoms with E-state index in [0.717, 1.165) is 0 Å². The molecular weight excluding hydrogens is 138 g/mol. The molecule has 54 valence electrons. The first-order valence-corrected chi connectivity index (χ1v) is 3.19. The molecule has 1 heterocycles. The van der Waals surface area contributed by atoms with Crippen LogP contribution in [0.1, 0.15) is 0 Å². The van der Waals surface area contributed by atoms with Crippen molar-refractivity contribution in [3.8, 4) is 12.1 Å². The van der Waals surface area contributed by atoms with Crippen molar-refractivity contribution in [1.29, 1.82) is 10.5 Å². The second-order valence-corrected chi connectivity index (χ2v) is 2.31. The molecule has 0 fully saturated rings. The van der Waals surface area contributed by atoms with Gasteiger partial charge in [0, 0.05) is 19.4 Å². The smallest absolute Gasteiger partial charge is 0.102 e. The number of nitrogens with zero attached hydrogens (tertiary/aromatic N) is 3. The highest BCUT2D eigenvalue weighted by Gasteiger charge is 2.13. The van der Waals surface area contributed by atoms with Gasteiger partial charge in [-0.15, -0.1) is 0 Å². The van der Waals surface area contributed by atoms with Crippen LogP contribution in [0.4, 0.5) is 0 Å². The van der Waals surface area contributed by atoms with E-state index < -0.39 is 0 Å². The highest BCUT2D eigenvalue weighted by atomic mass is 15.1. The topological polar surface area (TPSA) is 50.8 Å². The third-order valence-electron chi connectivity index (χ3n) is 1.46. The second-order valence-electron chi connectivity index (χ2n) is 2.31. The van der Waals surface area contributed by atoms with E-state index in [2.05, 4.69) is 0 Å². The molecule has 1 aliphatic heterocycles. The van der Waals surface area contributed by atoms with E-state index in [1.54, 1.807) is 23.4 Å². The zero-order valence-electron chi connectivity index (χ0n) is 6.15. The van der Waals surface area contributed by atoms with Crippen molar-refractivity contribution in [1.82, 2.24) is 4.90 Å². The summed E-state index contributed by atoms with van der Waals surface area (Å²) in [5.41, 5.74) is 0.498. The summed E-state index contributed by atoms with van der Waals surface area (Å²) in [7, 11) is 1.82. The second kappa shape index (κ2) is 2.90. The minimum absolute atomic E-state index is 0.365. The standard InChI is InChI=1S/C8H7N3/c1-11-3-2-7(4-9)8(5-10)6-11/h2-3,6-7H,1H3. The molecule has 0 aromatic rings. The van der Waals surface area contributed by atoms with Crippen molar-refractivity contribution in [3.05, 3.63) is 24.0 Å². The Hall–Kier alpha value is -1.74. The molecule has 0 amide bonds. The van der Waals surface area contributed by atoms with Gasteiger partial charge in [-0.1, -0.05) is 0 Å². The molecule has 0 bridgehead atoms. The number of rotatable bonds is 0. The highest BCUT2D eigenvalue weighted by Crippen LogP contribution is 2.16. The van der Waals surface area contributed by atoms with Crippen LogP contribution in [0, 0.1) is 28.6 Å². The van der Waals surface area contributed by atoms with Crippen molar-refractivity contribution >= 4 is 0 Å². The van der Waals surface area contributed by atoms with Gasteiger partial charge in [0.2, 0.25) is 0 Å². The summed E-state index contributed by atoms with van der Waals surface area (Å²) in [6.07, 6.45) is 5.14. The van der Waals surface area contributed by atoms with Crippen molar-refractivity contribution < 1.29 is 0 Å². The summed E-state index contributed by atoms with van der Waals surface area (Å²) in [5, 5.41) is 17.1. The summed E-state index contributed by atoms with van der Waals surface area (Å²) >= 11 is 0. The van der Waals surface area contributed by atoms with E-state index in [0.29, 0.717) is 5.57 Å². The van der Waals surface area contributed by atoms with E-state index in [-0.39, 0.29) is 5.92 Å². The minimum atomic E-state index is -0.365. The Balaban J connectivity index is 2.90. The van der Waals surface area contributed by atoms with Crippen LogP contribution in [0.5, 0.6) is 0 Å². The molecule has 0 spiro atoms. The molecule has 0 saturated carbocycles. The molecule has 1 atom stereocenters. The molecule has 1 rings (SSSR count). The van der Waals surface area contributed by atoms with E-state index in [1.165, 1.54) is 0 Å². The fraction of sp³-hybridized carbons (Fsp3) is 0.250. The fourth-order valence-corrected chi connectivity index (χ4v) is 0.879. The van der Waals surface area contributed by atoms with E-state index >= 15 is 0 Å². The molecule has 1 unspecified atom stereocenters. The maximum Gasteiger partial charge on any atom is 0.102 e. The van der Waals surface area contributed by atoms with Crippen molar-refractivity contribution in [2.24, 2.45) is 5.92 Å². The van der Waals surface area contributed by atoms with Gasteiger partial charge in [-0.25, -0.2) is 0 Å². The van der Waals surface area contributed by atoms with Crippen LogP contribution in [0.25, 0.3) is 0 Å². The highest BCUT2D eigenvalue weighted by molar-refractivity contribution is 5.34. The monoisotopic (exact) mass is 145 g/mol. The SMILES string of the molecule is CN1C=CC(C#N)C(C#N)=C1. The molecule has 0 N–H and O–H groups in total. The van der Waals surface area contributed by atoms with Gasteiger partial charge in [0.1, 0.15) is 5.92 Å². The molecular formula is C8H7N3. The van der Waals surface area contributed by atoms with Gasteiger partial charge in [-0.05, 0) is 6.08 Å². The maximum absolute atomic E-state index is 8.58. The summed E-state index contributed by atoms with van der Waals surface area (Å²) in [6.45, 7) is 0. The maximum atomic E-state index is 8.58. The summed E-state index contributed by atoms with van der Waals surface area (Å²) in [5.74, 6) is -0.365. The molecule has 0 saturated heterocycles. The Labute approximate surface area is 65.5 Å². The van der Waals surface area contributed by atoms with Crippen LogP contribution in [-0.4, -0.2) is 11.9 Å². The van der Waals surface area contributed by atoms with Gasteiger partial charge in [0.25, 0.3) is 0 Å². The van der Waals surface area contributed by atoms with E-state index in [4.69, 9.17) is 10.5 Å². The molecule has 0 aromatic carbocycles. The Kier molecular flexibility index (Phi) is 1.94. The van der Waals surface area contributed by atoms with Crippen molar-refractivity contribution in [3.63, 3.8) is 0 Å². The Morgan fingerprint density at radius 3 is 2.82 bits per heavy atom. The quantitative estimate of drug-likeness (QED) is 0.510. The number of allylic oxidation sites excluding steroid dienone is 2. The van der Waals surface area contributed by atoms with Gasteiger partial charge in [0.15, 0.2) is 0 Å². The molecule has 3 heteroatoms. The summed E-state index contributed by atoms with van der Waals surface area (Å²) in [4.78, 5) is 1.76. The lowest BCUT2D eigenvalue weighted by Gasteiger charge is -2.15. The molecule has 0 aromatic heterocycles. The first-order chi connectivity index (χ1) is 5.27. The van der Waals surface area contributed by atoms with Crippen LogP contribution >= 0.6 is 0 Å². The minimum Gasteiger partial charge on any atom is -0.356 e. The average molecular weight is 145 g/mol. The van der Waals surface area contributed by atoms with Gasteiger partial charge in [-0.3, -0.25) is 0 Å². The Morgan fingerprint density at radius 1 is 1.55 bits per heavy atom. The first kappa shape index (κ1) is 7.37. The lowest BCUT2D eigenvalue weighted by Crippen LogP contribution is -2.11. The van der Waals surface area contributed by atoms with Crippen LogP contribution in [0.15, 0.2) is 24.0 Å². The van der Waals surface area contributed by atoms with Gasteiger partial charge in [-0.2, -0.15) is 10.5 Å². The zero-order valence-corrected chi connectivity index (χ0v) is 6.15. The lowest BCUT2D eigenvalue weighted by atomic mass is 10.0. The third kappa shape index (κ3) is 1.39. The average Bonchev–Trinajstić information content (AvgIpc) is 2.04. The molecule has 0 aliphatic carbocycles. The number of hydrogen-bond acceptors (Lipinski definition) is 3. The largest absolute Gasteiger partial charge is 0.356 e. The molecule has 11 heavy (non-hydrogen) atoms. The summed E-state index contributed by atoms with van der Waals surface area (Å²) < 4.78 is 0. The Morgan fingerprint density at radius 2 is 2.27 bits per heavy atom. The summed E-state index contributed by atoms with van der Waals surface area (Å²) in [6, 6.07) is 4.00. The number of hydrogen-bond donors (Lipinski definition) is 0. The lowest BCUT2D eigenvalue weighted by molar-refractivity contribution is 0.596. The fourth-order valence-electron chi connectivity index (χ4n) is 0.879. The number of nitriles is 2. The normalized spacial score (nSPS) is 21.9. The van der Waals surface area contributed by atoms with Gasteiger partial charge in [0.05, 0.1) is 17.7 Å². The molecule has 1 aliphatic rings. The van der Waals surface area contributed by atoms with Crippen LogP contribution in [0.2, 0.25) is 0 Å². The van der Waals surface area contributed by atoms with Crippen LogP contribution in [0.3, 0.4) is 0 Å². The van der Waals surface area contributed by atoms with Gasteiger partial charge >= 0.3 is 0 Å². The van der Waals surface area contributed by atoms with E-state index in [1.807, 2.05) is 19.2 Å². The molecule has 0 radical (unpaired) electrons. The zero-order chi connectivity index (χ0) is 8.27. The third-order valence-corrected chi connectivity index (χ3v) is 1.46. The predicted molar refractivity (Wildman–Crippen MR) is 39.7 cm³/mol. The van der Waals surface area contributed by atoms with Crippen LogP contribution < -0.4 is 0 Å². The molecule has 3 nitrogen and oxygen atoms in total. The van der Waals surface area contributed by atoms with Crippen molar-refractivity contribution in [2.45, 2.75) is 0 Å². The van der Waals surface area contributed by atoms with E-state index in [9.17, 15) is 0 Å². The van der Waals surface area contributed by atoms with Crippen molar-refractivity contribution in [2.75, 3.05) is 7.05 Å². The predicted octanol–water partition coefficient (Wildman–Crippen LogP) is 0.993. The first-order valence-electron chi connectivity index (χ1n) is 3.19. The van der Waals surface area contributed by atoms with Gasteiger partial charge < -0.3 is 4.90 Å². The van der Waals surface area contributed by atoms with Crippen LogP contribution in [-0.2, 0) is 0 Å².